The molecule has 0 aliphatic carbocycles. The highest BCUT2D eigenvalue weighted by molar-refractivity contribution is 4.98. The molecular formula is C12H16N2O6. The molecule has 0 spiro atoms. The lowest BCUT2D eigenvalue weighted by atomic mass is 10.1. The molecule has 2 fully saturated rings. The van der Waals surface area contributed by atoms with Crippen molar-refractivity contribution in [3.05, 3.63) is 33.1 Å². The van der Waals surface area contributed by atoms with Crippen LogP contribution in [0.3, 0.4) is 0 Å². The average Bonchev–Trinajstić information content (AvgIpc) is 2.83. The van der Waals surface area contributed by atoms with E-state index in [-0.39, 0.29) is 6.61 Å². The predicted molar refractivity (Wildman–Crippen MR) is 66.1 cm³/mol. The second kappa shape index (κ2) is 4.52. The molecule has 3 heterocycles. The van der Waals surface area contributed by atoms with Crippen molar-refractivity contribution >= 4 is 0 Å². The van der Waals surface area contributed by atoms with Gasteiger partial charge in [0.2, 0.25) is 0 Å². The maximum atomic E-state index is 11.8. The molecule has 4 atom stereocenters. The first-order valence-electron chi connectivity index (χ1n) is 6.35. The van der Waals surface area contributed by atoms with E-state index in [9.17, 15) is 14.7 Å². The molecule has 2 aliphatic heterocycles. The molecule has 1 aromatic rings. The minimum Gasteiger partial charge on any atom is -0.394 e. The highest BCUT2D eigenvalue weighted by atomic mass is 16.8. The summed E-state index contributed by atoms with van der Waals surface area (Å²) >= 11 is 0. The van der Waals surface area contributed by atoms with Gasteiger partial charge in [-0.1, -0.05) is 0 Å². The molecule has 2 aliphatic rings. The molecular weight excluding hydrogens is 268 g/mol. The summed E-state index contributed by atoms with van der Waals surface area (Å²) in [4.78, 5) is 25.1. The Morgan fingerprint density at radius 2 is 2.05 bits per heavy atom. The van der Waals surface area contributed by atoms with Gasteiger partial charge in [-0.15, -0.1) is 0 Å². The van der Waals surface area contributed by atoms with E-state index in [4.69, 9.17) is 14.2 Å². The maximum absolute atomic E-state index is 11.8. The topological polar surface area (TPSA) is 103 Å². The number of hydrogen-bond acceptors (Lipinski definition) is 6. The van der Waals surface area contributed by atoms with E-state index >= 15 is 0 Å². The molecule has 20 heavy (non-hydrogen) atoms. The molecule has 0 bridgehead atoms. The van der Waals surface area contributed by atoms with Crippen LogP contribution in [0, 0.1) is 0 Å². The van der Waals surface area contributed by atoms with Gasteiger partial charge >= 0.3 is 5.69 Å². The summed E-state index contributed by atoms with van der Waals surface area (Å²) < 4.78 is 18.3. The van der Waals surface area contributed by atoms with Crippen LogP contribution in [0.1, 0.15) is 20.1 Å². The molecule has 0 saturated carbocycles. The molecule has 110 valence electrons. The van der Waals surface area contributed by atoms with Gasteiger partial charge in [0.05, 0.1) is 6.61 Å². The monoisotopic (exact) mass is 284 g/mol. The van der Waals surface area contributed by atoms with Gasteiger partial charge in [-0.3, -0.25) is 14.3 Å². The van der Waals surface area contributed by atoms with Crippen LogP contribution in [0.25, 0.3) is 0 Å². The van der Waals surface area contributed by atoms with Gasteiger partial charge in [-0.2, -0.15) is 0 Å². The zero-order valence-electron chi connectivity index (χ0n) is 11.1. The van der Waals surface area contributed by atoms with Gasteiger partial charge in [-0.25, -0.2) is 4.79 Å². The second-order valence-corrected chi connectivity index (χ2v) is 5.33. The van der Waals surface area contributed by atoms with Crippen molar-refractivity contribution in [3.63, 3.8) is 0 Å². The average molecular weight is 284 g/mol. The summed E-state index contributed by atoms with van der Waals surface area (Å²) in [5.74, 6) is -0.809. The number of ether oxygens (including phenoxy) is 3. The van der Waals surface area contributed by atoms with Crippen molar-refractivity contribution in [1.82, 2.24) is 9.55 Å². The Bertz CT molecular complexity index is 621. The van der Waals surface area contributed by atoms with Gasteiger partial charge in [-0.05, 0) is 13.8 Å². The first-order valence-corrected chi connectivity index (χ1v) is 6.35. The third-order valence-corrected chi connectivity index (χ3v) is 3.43. The third kappa shape index (κ3) is 2.10. The first kappa shape index (κ1) is 13.5. The molecule has 2 saturated heterocycles. The molecule has 0 radical (unpaired) electrons. The van der Waals surface area contributed by atoms with Gasteiger partial charge in [0.1, 0.15) is 18.3 Å². The van der Waals surface area contributed by atoms with Crippen LogP contribution in [0.4, 0.5) is 0 Å². The molecule has 0 aromatic carbocycles. The Labute approximate surface area is 113 Å². The molecule has 1 aromatic heterocycles. The number of aliphatic hydroxyl groups excluding tert-OH is 1. The van der Waals surface area contributed by atoms with E-state index in [2.05, 4.69) is 4.98 Å². The van der Waals surface area contributed by atoms with Gasteiger partial charge in [0.25, 0.3) is 5.56 Å². The van der Waals surface area contributed by atoms with Crippen molar-refractivity contribution in [2.75, 3.05) is 6.61 Å². The molecule has 0 amide bonds. The number of aromatic amines is 1. The lowest BCUT2D eigenvalue weighted by molar-refractivity contribution is -0.200. The first-order chi connectivity index (χ1) is 9.41. The smallest absolute Gasteiger partial charge is 0.330 e. The van der Waals surface area contributed by atoms with Crippen LogP contribution >= 0.6 is 0 Å². The Kier molecular flexibility index (Phi) is 3.05. The molecule has 8 heteroatoms. The van der Waals surface area contributed by atoms with Crippen molar-refractivity contribution < 1.29 is 19.3 Å². The summed E-state index contributed by atoms with van der Waals surface area (Å²) in [6.45, 7) is 3.27. The molecule has 2 N–H and O–H groups in total. The third-order valence-electron chi connectivity index (χ3n) is 3.43. The number of aromatic nitrogens is 2. The summed E-state index contributed by atoms with van der Waals surface area (Å²) in [6, 6.07) is 1.23. The fourth-order valence-corrected chi connectivity index (χ4v) is 2.66. The number of H-pyrrole nitrogens is 1. The zero-order chi connectivity index (χ0) is 14.5. The van der Waals surface area contributed by atoms with Crippen LogP contribution in [0.5, 0.6) is 0 Å². The summed E-state index contributed by atoms with van der Waals surface area (Å²) in [7, 11) is 0. The Balaban J connectivity index is 1.98. The Morgan fingerprint density at radius 3 is 2.70 bits per heavy atom. The summed E-state index contributed by atoms with van der Waals surface area (Å²) in [5.41, 5.74) is -1.07. The quantitative estimate of drug-likeness (QED) is 0.718. The minimum atomic E-state index is -0.809. The Hall–Kier alpha value is -1.48. The van der Waals surface area contributed by atoms with Crippen molar-refractivity contribution in [2.24, 2.45) is 0 Å². The van der Waals surface area contributed by atoms with E-state index in [0.717, 1.165) is 0 Å². The van der Waals surface area contributed by atoms with Crippen molar-refractivity contribution in [1.29, 1.82) is 0 Å². The number of aliphatic hydroxyl groups is 1. The highest BCUT2D eigenvalue weighted by Gasteiger charge is 2.55. The van der Waals surface area contributed by atoms with Crippen LogP contribution in [-0.2, 0) is 14.2 Å². The highest BCUT2D eigenvalue weighted by Crippen LogP contribution is 2.42. The maximum Gasteiger partial charge on any atom is 0.330 e. The SMILES string of the molecule is CC1(C)OC2[C@H](n3ccc(=O)[nH]c3=O)O[C@H](CO)[C@H]2O1. The van der Waals surface area contributed by atoms with Crippen LogP contribution < -0.4 is 11.2 Å². The van der Waals surface area contributed by atoms with Gasteiger partial charge < -0.3 is 19.3 Å². The van der Waals surface area contributed by atoms with Crippen LogP contribution in [0.15, 0.2) is 21.9 Å². The fourth-order valence-electron chi connectivity index (χ4n) is 2.66. The number of nitrogens with zero attached hydrogens (tertiary/aromatic N) is 1. The Morgan fingerprint density at radius 1 is 1.35 bits per heavy atom. The zero-order valence-corrected chi connectivity index (χ0v) is 11.1. The summed E-state index contributed by atoms with van der Waals surface area (Å²) in [5, 5.41) is 9.36. The normalized spacial score (nSPS) is 35.1. The van der Waals surface area contributed by atoms with Crippen LogP contribution in [-0.4, -0.2) is 45.4 Å². The van der Waals surface area contributed by atoms with Crippen LogP contribution in [0.2, 0.25) is 0 Å². The van der Waals surface area contributed by atoms with Crippen molar-refractivity contribution in [2.45, 2.75) is 44.2 Å². The van der Waals surface area contributed by atoms with Gasteiger partial charge in [0.15, 0.2) is 12.0 Å². The molecule has 8 nitrogen and oxygen atoms in total. The number of hydrogen-bond donors (Lipinski definition) is 2. The fraction of sp³-hybridized carbons (Fsp3) is 0.667. The number of fused-ring (bicyclic) bond motifs is 1. The second-order valence-electron chi connectivity index (χ2n) is 5.33. The lowest BCUT2D eigenvalue weighted by Gasteiger charge is -2.24. The van der Waals surface area contributed by atoms with E-state index in [1.165, 1.54) is 16.8 Å². The van der Waals surface area contributed by atoms with E-state index in [1.807, 2.05) is 0 Å². The summed E-state index contributed by atoms with van der Waals surface area (Å²) in [6.07, 6.45) is -0.962. The minimum absolute atomic E-state index is 0.241. The van der Waals surface area contributed by atoms with E-state index in [0.29, 0.717) is 0 Å². The standard InChI is InChI=1S/C12H16N2O6/c1-12(2)19-8-6(5-15)18-10(9(8)20-12)14-4-3-7(16)13-11(14)17/h3-4,6,8-10,15H,5H2,1-2H3,(H,13,16,17)/t6-,8-,9?,10-/m1/s1. The predicted octanol–water partition coefficient (Wildman–Crippen LogP) is -1.05. The van der Waals surface area contributed by atoms with E-state index < -0.39 is 41.6 Å². The molecule has 3 rings (SSSR count). The van der Waals surface area contributed by atoms with Gasteiger partial charge in [0, 0.05) is 12.3 Å². The van der Waals surface area contributed by atoms with Crippen molar-refractivity contribution in [3.8, 4) is 0 Å². The molecule has 1 unspecified atom stereocenters. The van der Waals surface area contributed by atoms with E-state index in [1.54, 1.807) is 13.8 Å². The number of nitrogens with one attached hydrogen (secondary N) is 1. The lowest BCUT2D eigenvalue weighted by Crippen LogP contribution is -2.37. The number of rotatable bonds is 2. The largest absolute Gasteiger partial charge is 0.394 e.